The van der Waals surface area contributed by atoms with E-state index in [9.17, 15) is 14.7 Å². The van der Waals surface area contributed by atoms with Crippen LogP contribution in [0.5, 0.6) is 5.75 Å². The number of benzene rings is 1. The number of carbonyl (C=O) groups excluding carboxylic acids is 1. The van der Waals surface area contributed by atoms with E-state index in [0.717, 1.165) is 35.4 Å². The molecule has 0 bridgehead atoms. The SMILES string of the molecule is CCn1c(C(=O)NCC(=O)O)ccc1C(CC)(CC)c1ccc(OCC(O)C(C)(C)C)c(C)c1. The van der Waals surface area contributed by atoms with Crippen LogP contribution in [-0.2, 0) is 16.8 Å². The van der Waals surface area contributed by atoms with E-state index in [-0.39, 0.29) is 17.4 Å². The quantitative estimate of drug-likeness (QED) is 0.446. The van der Waals surface area contributed by atoms with Crippen LogP contribution in [0, 0.1) is 12.3 Å². The van der Waals surface area contributed by atoms with Crippen molar-refractivity contribution in [3.8, 4) is 5.75 Å². The van der Waals surface area contributed by atoms with Crippen LogP contribution < -0.4 is 10.1 Å². The van der Waals surface area contributed by atoms with Crippen molar-refractivity contribution in [2.24, 2.45) is 5.41 Å². The van der Waals surface area contributed by atoms with Crippen LogP contribution in [-0.4, -0.2) is 45.9 Å². The summed E-state index contributed by atoms with van der Waals surface area (Å²) >= 11 is 0. The molecule has 1 atom stereocenters. The number of carboxylic acids is 1. The van der Waals surface area contributed by atoms with Crippen molar-refractivity contribution in [1.29, 1.82) is 0 Å². The Hall–Kier alpha value is -2.80. The molecule has 34 heavy (non-hydrogen) atoms. The Morgan fingerprint density at radius 3 is 2.24 bits per heavy atom. The molecular formula is C27H40N2O5. The number of aliphatic hydroxyl groups is 1. The standard InChI is InChI=1S/C27H40N2O5/c1-8-27(9-2,22-14-12-20(29(22)10-3)25(33)28-16-24(31)32)19-11-13-21(18(4)15-19)34-17-23(30)26(5,6)7/h11-15,23,30H,8-10,16-17H2,1-7H3,(H,28,33)(H,31,32). The summed E-state index contributed by atoms with van der Waals surface area (Å²) < 4.78 is 7.91. The van der Waals surface area contributed by atoms with Gasteiger partial charge in [0.25, 0.3) is 5.91 Å². The number of nitrogens with one attached hydrogen (secondary N) is 1. The molecule has 0 spiro atoms. The number of aliphatic hydroxyl groups excluding tert-OH is 1. The van der Waals surface area contributed by atoms with E-state index in [1.54, 1.807) is 6.07 Å². The molecule has 3 N–H and O–H groups in total. The number of hydrogen-bond acceptors (Lipinski definition) is 4. The minimum atomic E-state index is -1.08. The molecule has 0 aliphatic rings. The number of aryl methyl sites for hydroxylation is 1. The van der Waals surface area contributed by atoms with Gasteiger partial charge in [-0.1, -0.05) is 46.8 Å². The molecule has 0 aliphatic heterocycles. The molecule has 188 valence electrons. The normalized spacial score (nSPS) is 12.9. The molecule has 2 aromatic rings. The fourth-order valence-corrected chi connectivity index (χ4v) is 4.37. The molecule has 1 aromatic heterocycles. The van der Waals surface area contributed by atoms with Crippen molar-refractivity contribution >= 4 is 11.9 Å². The van der Waals surface area contributed by atoms with Crippen molar-refractivity contribution in [2.75, 3.05) is 13.2 Å². The zero-order chi connectivity index (χ0) is 25.7. The maximum absolute atomic E-state index is 12.6. The molecule has 1 amide bonds. The number of hydrogen-bond donors (Lipinski definition) is 3. The first-order valence-corrected chi connectivity index (χ1v) is 12.0. The molecule has 0 saturated carbocycles. The summed E-state index contributed by atoms with van der Waals surface area (Å²) in [5, 5.41) is 21.7. The van der Waals surface area contributed by atoms with Gasteiger partial charge in [-0.25, -0.2) is 0 Å². The van der Waals surface area contributed by atoms with Gasteiger partial charge in [-0.15, -0.1) is 0 Å². The van der Waals surface area contributed by atoms with Gasteiger partial charge in [0.05, 0.1) is 6.10 Å². The van der Waals surface area contributed by atoms with Crippen LogP contribution >= 0.6 is 0 Å². The predicted molar refractivity (Wildman–Crippen MR) is 134 cm³/mol. The molecule has 1 heterocycles. The second kappa shape index (κ2) is 11.1. The maximum Gasteiger partial charge on any atom is 0.322 e. The Balaban J connectivity index is 2.42. The number of aliphatic carboxylic acids is 1. The Kier molecular flexibility index (Phi) is 8.95. The van der Waals surface area contributed by atoms with E-state index in [4.69, 9.17) is 9.84 Å². The highest BCUT2D eigenvalue weighted by Gasteiger charge is 2.35. The molecule has 1 aromatic carbocycles. The van der Waals surface area contributed by atoms with E-state index in [2.05, 4.69) is 31.3 Å². The van der Waals surface area contributed by atoms with Gasteiger partial charge < -0.3 is 24.8 Å². The van der Waals surface area contributed by atoms with Gasteiger partial charge in [0.1, 0.15) is 24.6 Å². The zero-order valence-electron chi connectivity index (χ0n) is 21.6. The van der Waals surface area contributed by atoms with Crippen LogP contribution in [0.25, 0.3) is 0 Å². The summed E-state index contributed by atoms with van der Waals surface area (Å²) in [5.41, 5.74) is 3.01. The predicted octanol–water partition coefficient (Wildman–Crippen LogP) is 4.52. The average Bonchev–Trinajstić information content (AvgIpc) is 3.22. The topological polar surface area (TPSA) is 101 Å². The van der Waals surface area contributed by atoms with Crippen LogP contribution in [0.3, 0.4) is 0 Å². The van der Waals surface area contributed by atoms with Crippen molar-refractivity contribution < 1.29 is 24.5 Å². The van der Waals surface area contributed by atoms with Crippen LogP contribution in [0.15, 0.2) is 30.3 Å². The Bertz CT molecular complexity index is 999. The molecule has 0 saturated heterocycles. The van der Waals surface area contributed by atoms with Gasteiger partial charge in [0.15, 0.2) is 0 Å². The first-order chi connectivity index (χ1) is 15.9. The van der Waals surface area contributed by atoms with Gasteiger partial charge in [0.2, 0.25) is 0 Å². The molecule has 0 radical (unpaired) electrons. The molecule has 0 fully saturated rings. The van der Waals surface area contributed by atoms with Crippen molar-refractivity contribution in [3.63, 3.8) is 0 Å². The van der Waals surface area contributed by atoms with Crippen molar-refractivity contribution in [3.05, 3.63) is 52.8 Å². The zero-order valence-corrected chi connectivity index (χ0v) is 21.6. The lowest BCUT2D eigenvalue weighted by Crippen LogP contribution is -2.33. The minimum Gasteiger partial charge on any atom is -0.491 e. The molecule has 0 aliphatic carbocycles. The number of carboxylic acid groups (broad SMARTS) is 1. The molecule has 7 nitrogen and oxygen atoms in total. The summed E-state index contributed by atoms with van der Waals surface area (Å²) in [6.45, 7) is 14.6. The third-order valence-corrected chi connectivity index (χ3v) is 6.75. The second-order valence-corrected chi connectivity index (χ2v) is 9.89. The molecule has 2 rings (SSSR count). The van der Waals surface area contributed by atoms with Crippen LogP contribution in [0.2, 0.25) is 0 Å². The van der Waals surface area contributed by atoms with E-state index in [1.165, 1.54) is 0 Å². The van der Waals surface area contributed by atoms with Gasteiger partial charge >= 0.3 is 5.97 Å². The second-order valence-electron chi connectivity index (χ2n) is 9.89. The lowest BCUT2D eigenvalue weighted by Gasteiger charge is -2.35. The first-order valence-electron chi connectivity index (χ1n) is 12.0. The fourth-order valence-electron chi connectivity index (χ4n) is 4.37. The Labute approximate surface area is 203 Å². The van der Waals surface area contributed by atoms with Gasteiger partial charge in [-0.05, 0) is 61.4 Å². The molecule has 1 unspecified atom stereocenters. The summed E-state index contributed by atoms with van der Waals surface area (Å²) in [6, 6.07) is 9.90. The van der Waals surface area contributed by atoms with E-state index < -0.39 is 24.5 Å². The third-order valence-electron chi connectivity index (χ3n) is 6.75. The minimum absolute atomic E-state index is 0.226. The highest BCUT2D eigenvalue weighted by atomic mass is 16.5. The van der Waals surface area contributed by atoms with Crippen molar-refractivity contribution in [1.82, 2.24) is 9.88 Å². The van der Waals surface area contributed by atoms with Gasteiger partial charge in [0, 0.05) is 17.7 Å². The van der Waals surface area contributed by atoms with E-state index in [0.29, 0.717) is 12.2 Å². The first kappa shape index (κ1) is 27.4. The monoisotopic (exact) mass is 472 g/mol. The third kappa shape index (κ3) is 5.81. The Morgan fingerprint density at radius 2 is 1.74 bits per heavy atom. The highest BCUT2D eigenvalue weighted by Crippen LogP contribution is 2.41. The summed E-state index contributed by atoms with van der Waals surface area (Å²) in [5.74, 6) is -0.728. The number of ether oxygens (including phenoxy) is 1. The summed E-state index contributed by atoms with van der Waals surface area (Å²) in [6.07, 6.45) is 1.08. The lowest BCUT2D eigenvalue weighted by molar-refractivity contribution is -0.135. The van der Waals surface area contributed by atoms with Gasteiger partial charge in [-0.3, -0.25) is 9.59 Å². The number of rotatable bonds is 11. The molecule has 7 heteroatoms. The number of aromatic nitrogens is 1. The van der Waals surface area contributed by atoms with E-state index in [1.807, 2.05) is 51.3 Å². The highest BCUT2D eigenvalue weighted by molar-refractivity contribution is 5.94. The number of carbonyl (C=O) groups is 2. The number of amides is 1. The smallest absolute Gasteiger partial charge is 0.322 e. The lowest BCUT2D eigenvalue weighted by atomic mass is 9.72. The fraction of sp³-hybridized carbons (Fsp3) is 0.556. The average molecular weight is 473 g/mol. The maximum atomic E-state index is 12.6. The summed E-state index contributed by atoms with van der Waals surface area (Å²) in [7, 11) is 0. The number of nitrogens with zero attached hydrogens (tertiary/aromatic N) is 1. The largest absolute Gasteiger partial charge is 0.491 e. The van der Waals surface area contributed by atoms with Crippen molar-refractivity contribution in [2.45, 2.75) is 79.4 Å². The van der Waals surface area contributed by atoms with Crippen LogP contribution in [0.1, 0.15) is 81.7 Å². The molecular weight excluding hydrogens is 432 g/mol. The Morgan fingerprint density at radius 1 is 1.09 bits per heavy atom. The summed E-state index contributed by atoms with van der Waals surface area (Å²) in [4.78, 5) is 23.5. The van der Waals surface area contributed by atoms with Crippen LogP contribution in [0.4, 0.5) is 0 Å². The van der Waals surface area contributed by atoms with E-state index >= 15 is 0 Å². The van der Waals surface area contributed by atoms with Gasteiger partial charge in [-0.2, -0.15) is 0 Å².